The van der Waals surface area contributed by atoms with E-state index in [2.05, 4.69) is 28.8 Å². The molecule has 0 bridgehead atoms. The third-order valence-electron chi connectivity index (χ3n) is 6.64. The minimum Gasteiger partial charge on any atom is -0.343 e. The molecule has 2 saturated heterocycles. The third kappa shape index (κ3) is 8.59. The van der Waals surface area contributed by atoms with E-state index in [4.69, 9.17) is 5.21 Å². The number of nitrogens with one attached hydrogen (secondary N) is 4. The van der Waals surface area contributed by atoms with Gasteiger partial charge in [-0.2, -0.15) is 0 Å². The fourth-order valence-corrected chi connectivity index (χ4v) is 4.66. The highest BCUT2D eigenvalue weighted by atomic mass is 16.5. The topological polar surface area (TPSA) is 157 Å². The predicted molar refractivity (Wildman–Crippen MR) is 139 cm³/mol. The number of terminal acetylenes is 1. The van der Waals surface area contributed by atoms with Crippen LogP contribution in [0.5, 0.6) is 0 Å². The molecule has 2 aliphatic heterocycles. The standard InChI is InChI=1S/C25H35N5O6.C2H2/c1-16-25(35)30-14-8-12-20(30)24(34)27-18(11-6-3-7-13-21(31)29-36)22(32)28-19(23(33)26-16)15-17-9-4-2-5-10-17;1-2/h2,4-5,9-10,16,18-20,36H,3,6-8,11-15H2,1H3,(H,26,33)(H,27,34)(H,28,32)(H,29,31);1-2H/t16-,18-,19+,20+;/m0./s1. The van der Waals surface area contributed by atoms with Crippen molar-refractivity contribution in [3.8, 4) is 12.8 Å². The summed E-state index contributed by atoms with van der Waals surface area (Å²) < 4.78 is 0. The number of hydrogen-bond acceptors (Lipinski definition) is 6. The van der Waals surface area contributed by atoms with Crippen LogP contribution in [0, 0.1) is 12.8 Å². The normalized spacial score (nSPS) is 23.8. The van der Waals surface area contributed by atoms with Crippen molar-refractivity contribution in [3.63, 3.8) is 0 Å². The van der Waals surface area contributed by atoms with Crippen LogP contribution in [-0.4, -0.2) is 70.4 Å². The Balaban J connectivity index is 0.00000247. The lowest BCUT2D eigenvalue weighted by Gasteiger charge is -2.31. The zero-order chi connectivity index (χ0) is 28.1. The Morgan fingerprint density at radius 1 is 0.974 bits per heavy atom. The number of unbranched alkanes of at least 4 members (excludes halogenated alkanes) is 2. The molecule has 2 fully saturated rings. The predicted octanol–water partition coefficient (Wildman–Crippen LogP) is 0.413. The molecular weight excluding hydrogens is 490 g/mol. The van der Waals surface area contributed by atoms with E-state index in [0.717, 1.165) is 5.56 Å². The second-order valence-electron chi connectivity index (χ2n) is 9.37. The molecular formula is C27H37N5O6. The van der Waals surface area contributed by atoms with Gasteiger partial charge in [0.05, 0.1) is 0 Å². The Hall–Kier alpha value is -3.91. The van der Waals surface area contributed by atoms with E-state index in [0.29, 0.717) is 45.1 Å². The lowest BCUT2D eigenvalue weighted by atomic mass is 10.0. The second kappa shape index (κ2) is 15.4. The second-order valence-corrected chi connectivity index (χ2v) is 9.37. The molecule has 5 N–H and O–H groups in total. The summed E-state index contributed by atoms with van der Waals surface area (Å²) >= 11 is 0. The maximum Gasteiger partial charge on any atom is 0.245 e. The van der Waals surface area contributed by atoms with Crippen LogP contribution in [0.4, 0.5) is 0 Å². The number of carbonyl (C=O) groups excluding carboxylic acids is 5. The molecule has 1 aromatic carbocycles. The molecule has 2 heterocycles. The summed E-state index contributed by atoms with van der Waals surface area (Å²) in [5, 5.41) is 16.9. The Labute approximate surface area is 223 Å². The Kier molecular flexibility index (Phi) is 12.3. The number of fused-ring (bicyclic) bond motifs is 1. The molecule has 38 heavy (non-hydrogen) atoms. The van der Waals surface area contributed by atoms with Gasteiger partial charge in [-0.3, -0.25) is 29.2 Å². The van der Waals surface area contributed by atoms with Crippen molar-refractivity contribution in [3.05, 3.63) is 35.9 Å². The third-order valence-corrected chi connectivity index (χ3v) is 6.64. The van der Waals surface area contributed by atoms with Crippen molar-refractivity contribution in [1.82, 2.24) is 26.3 Å². The van der Waals surface area contributed by atoms with Crippen LogP contribution < -0.4 is 21.4 Å². The summed E-state index contributed by atoms with van der Waals surface area (Å²) in [4.78, 5) is 65.3. The zero-order valence-corrected chi connectivity index (χ0v) is 21.7. The number of nitrogens with zero attached hydrogens (tertiary/aromatic N) is 1. The van der Waals surface area contributed by atoms with Crippen molar-refractivity contribution in [2.45, 2.75) is 82.5 Å². The Morgan fingerprint density at radius 2 is 1.63 bits per heavy atom. The van der Waals surface area contributed by atoms with Crippen molar-refractivity contribution in [2.24, 2.45) is 0 Å². The molecule has 5 amide bonds. The molecule has 206 valence electrons. The van der Waals surface area contributed by atoms with Gasteiger partial charge >= 0.3 is 0 Å². The lowest BCUT2D eigenvalue weighted by Crippen LogP contribution is -2.61. The maximum atomic E-state index is 13.3. The first-order chi connectivity index (χ1) is 18.3. The summed E-state index contributed by atoms with van der Waals surface area (Å²) in [5.74, 6) is -2.15. The number of hydrogen-bond donors (Lipinski definition) is 5. The van der Waals surface area contributed by atoms with E-state index in [1.165, 1.54) is 4.90 Å². The molecule has 0 radical (unpaired) electrons. The summed E-state index contributed by atoms with van der Waals surface area (Å²) in [7, 11) is 0. The number of benzene rings is 1. The van der Waals surface area contributed by atoms with Crippen molar-refractivity contribution in [1.29, 1.82) is 0 Å². The first-order valence-electron chi connectivity index (χ1n) is 12.8. The van der Waals surface area contributed by atoms with E-state index in [1.807, 2.05) is 30.3 Å². The molecule has 0 unspecified atom stereocenters. The van der Waals surface area contributed by atoms with Gasteiger partial charge in [0.2, 0.25) is 29.5 Å². The van der Waals surface area contributed by atoms with E-state index >= 15 is 0 Å². The van der Waals surface area contributed by atoms with Crippen molar-refractivity contribution < 1.29 is 29.2 Å². The molecule has 0 aliphatic carbocycles. The fraction of sp³-hybridized carbons (Fsp3) is 0.519. The first-order valence-corrected chi connectivity index (χ1v) is 12.8. The SMILES string of the molecule is C#C.C[C@@H]1NC(=O)[C@@H](Cc2ccccc2)NC(=O)[C@H](CCCCCC(=O)NO)NC(=O)[C@H]2CCCN2C1=O. The zero-order valence-electron chi connectivity index (χ0n) is 21.7. The molecule has 0 spiro atoms. The highest BCUT2D eigenvalue weighted by molar-refractivity contribution is 5.97. The van der Waals surface area contributed by atoms with Gasteiger partial charge in [-0.15, -0.1) is 12.8 Å². The molecule has 11 nitrogen and oxygen atoms in total. The van der Waals surface area contributed by atoms with Gasteiger partial charge in [0.25, 0.3) is 0 Å². The Morgan fingerprint density at radius 3 is 2.32 bits per heavy atom. The first kappa shape index (κ1) is 30.3. The number of hydroxylamine groups is 1. The quantitative estimate of drug-likeness (QED) is 0.143. The fourth-order valence-electron chi connectivity index (χ4n) is 4.66. The van der Waals surface area contributed by atoms with Crippen LogP contribution in [0.3, 0.4) is 0 Å². The monoisotopic (exact) mass is 527 g/mol. The smallest absolute Gasteiger partial charge is 0.245 e. The molecule has 3 rings (SSSR count). The van der Waals surface area contributed by atoms with Gasteiger partial charge in [-0.05, 0) is 38.2 Å². The average molecular weight is 528 g/mol. The van der Waals surface area contributed by atoms with Gasteiger partial charge in [-0.1, -0.05) is 43.2 Å². The van der Waals surface area contributed by atoms with Gasteiger partial charge in [0, 0.05) is 19.4 Å². The van der Waals surface area contributed by atoms with Crippen LogP contribution in [0.1, 0.15) is 57.4 Å². The van der Waals surface area contributed by atoms with E-state index < -0.39 is 41.9 Å². The largest absolute Gasteiger partial charge is 0.343 e. The van der Waals surface area contributed by atoms with Gasteiger partial charge in [-0.25, -0.2) is 5.48 Å². The average Bonchev–Trinajstić information content (AvgIpc) is 3.42. The maximum absolute atomic E-state index is 13.3. The highest BCUT2D eigenvalue weighted by Gasteiger charge is 2.39. The number of carbonyl (C=O) groups is 5. The number of amides is 5. The summed E-state index contributed by atoms with van der Waals surface area (Å²) in [6, 6.07) is 5.86. The molecule has 1 aromatic rings. The number of rotatable bonds is 8. The summed E-state index contributed by atoms with van der Waals surface area (Å²) in [6.45, 7) is 1.99. The van der Waals surface area contributed by atoms with E-state index in [-0.39, 0.29) is 24.7 Å². The Bertz CT molecular complexity index is 998. The van der Waals surface area contributed by atoms with E-state index in [1.54, 1.807) is 12.4 Å². The molecule has 4 atom stereocenters. The summed E-state index contributed by atoms with van der Waals surface area (Å²) in [5.41, 5.74) is 2.42. The molecule has 11 heteroatoms. The van der Waals surface area contributed by atoms with Gasteiger partial charge in [0.15, 0.2) is 0 Å². The molecule has 0 aromatic heterocycles. The van der Waals surface area contributed by atoms with Crippen molar-refractivity contribution in [2.75, 3.05) is 6.54 Å². The molecule has 0 saturated carbocycles. The van der Waals surface area contributed by atoms with Crippen molar-refractivity contribution >= 4 is 29.5 Å². The van der Waals surface area contributed by atoms with Crippen LogP contribution in [0.2, 0.25) is 0 Å². The van der Waals surface area contributed by atoms with Crippen LogP contribution in [0.15, 0.2) is 30.3 Å². The van der Waals surface area contributed by atoms with Crippen LogP contribution in [0.25, 0.3) is 0 Å². The van der Waals surface area contributed by atoms with E-state index in [9.17, 15) is 24.0 Å². The van der Waals surface area contributed by atoms with Gasteiger partial charge < -0.3 is 20.9 Å². The summed E-state index contributed by atoms with van der Waals surface area (Å²) in [6.07, 6.45) is 11.5. The van der Waals surface area contributed by atoms with Crippen LogP contribution >= 0.6 is 0 Å². The highest BCUT2D eigenvalue weighted by Crippen LogP contribution is 2.20. The van der Waals surface area contributed by atoms with Gasteiger partial charge in [0.1, 0.15) is 24.2 Å². The lowest BCUT2D eigenvalue weighted by molar-refractivity contribution is -0.143. The molecule has 2 aliphatic rings. The minimum atomic E-state index is -0.934. The minimum absolute atomic E-state index is 0.149. The van der Waals surface area contributed by atoms with Crippen LogP contribution in [-0.2, 0) is 30.4 Å².